The Hall–Kier alpha value is -1.12. The first-order chi connectivity index (χ1) is 9.51. The Morgan fingerprint density at radius 3 is 3.05 bits per heavy atom. The Morgan fingerprint density at radius 1 is 1.65 bits per heavy atom. The molecule has 2 heterocycles. The maximum absolute atomic E-state index is 12.3. The van der Waals surface area contributed by atoms with E-state index in [2.05, 4.69) is 0 Å². The SMILES string of the molecule is CCOB1CCCC2CN(C(=O)CN)C[C@@]2(N)C(=O)O1. The van der Waals surface area contributed by atoms with E-state index in [-0.39, 0.29) is 24.9 Å². The monoisotopic (exact) mass is 283 g/mol. The smallest absolute Gasteiger partial charge is 0.508 e. The summed E-state index contributed by atoms with van der Waals surface area (Å²) in [5, 5.41) is 0. The Labute approximate surface area is 119 Å². The average Bonchev–Trinajstić information content (AvgIpc) is 2.75. The van der Waals surface area contributed by atoms with E-state index in [9.17, 15) is 9.59 Å². The van der Waals surface area contributed by atoms with Crippen molar-refractivity contribution in [3.63, 3.8) is 0 Å². The van der Waals surface area contributed by atoms with Crippen LogP contribution in [0.3, 0.4) is 0 Å². The third-order valence-corrected chi connectivity index (χ3v) is 4.11. The number of carbonyl (C=O) groups is 2. The van der Waals surface area contributed by atoms with Gasteiger partial charge in [-0.05, 0) is 19.7 Å². The van der Waals surface area contributed by atoms with Gasteiger partial charge in [0.1, 0.15) is 5.54 Å². The van der Waals surface area contributed by atoms with Crippen LogP contribution in [0.15, 0.2) is 0 Å². The van der Waals surface area contributed by atoms with Crippen LogP contribution in [0.1, 0.15) is 19.8 Å². The molecule has 7 nitrogen and oxygen atoms in total. The summed E-state index contributed by atoms with van der Waals surface area (Å²) < 4.78 is 10.7. The fourth-order valence-corrected chi connectivity index (χ4v) is 2.96. The second-order valence-electron chi connectivity index (χ2n) is 5.44. The lowest BCUT2D eigenvalue weighted by Gasteiger charge is -2.31. The minimum Gasteiger partial charge on any atom is -0.508 e. The number of rotatable bonds is 3. The number of nitrogens with zero attached hydrogens (tertiary/aromatic N) is 1. The number of likely N-dealkylation sites (tertiary alicyclic amines) is 1. The molecule has 2 aliphatic heterocycles. The largest absolute Gasteiger partial charge is 0.527 e. The van der Waals surface area contributed by atoms with Gasteiger partial charge in [0.2, 0.25) is 5.91 Å². The van der Waals surface area contributed by atoms with Crippen molar-refractivity contribution in [3.8, 4) is 0 Å². The highest BCUT2D eigenvalue weighted by molar-refractivity contribution is 6.47. The molecule has 0 aliphatic carbocycles. The first-order valence-corrected chi connectivity index (χ1v) is 7.10. The van der Waals surface area contributed by atoms with Crippen LogP contribution in [0.4, 0.5) is 0 Å². The molecule has 8 heteroatoms. The number of fused-ring (bicyclic) bond motifs is 1. The number of hydrogen-bond donors (Lipinski definition) is 2. The highest BCUT2D eigenvalue weighted by Gasteiger charge is 2.52. The van der Waals surface area contributed by atoms with Crippen molar-refractivity contribution in [1.29, 1.82) is 0 Å². The highest BCUT2D eigenvalue weighted by Crippen LogP contribution is 2.33. The Balaban J connectivity index is 2.12. The zero-order valence-electron chi connectivity index (χ0n) is 11.8. The molecule has 20 heavy (non-hydrogen) atoms. The molecule has 0 saturated carbocycles. The van der Waals surface area contributed by atoms with Crippen LogP contribution in [-0.2, 0) is 18.9 Å². The molecule has 4 N–H and O–H groups in total. The summed E-state index contributed by atoms with van der Waals surface area (Å²) >= 11 is 0. The van der Waals surface area contributed by atoms with Gasteiger partial charge >= 0.3 is 13.1 Å². The van der Waals surface area contributed by atoms with Gasteiger partial charge in [-0.1, -0.05) is 6.42 Å². The molecule has 1 amide bonds. The number of hydrogen-bond acceptors (Lipinski definition) is 6. The van der Waals surface area contributed by atoms with Crippen molar-refractivity contribution in [3.05, 3.63) is 0 Å². The minimum absolute atomic E-state index is 0.0700. The predicted molar refractivity (Wildman–Crippen MR) is 73.6 cm³/mol. The summed E-state index contributed by atoms with van der Waals surface area (Å²) in [5.74, 6) is -0.739. The molecular formula is C12H22BN3O4. The van der Waals surface area contributed by atoms with Crippen molar-refractivity contribution in [2.75, 3.05) is 26.2 Å². The lowest BCUT2D eigenvalue weighted by atomic mass is 9.74. The zero-order valence-corrected chi connectivity index (χ0v) is 11.8. The highest BCUT2D eigenvalue weighted by atomic mass is 16.6. The van der Waals surface area contributed by atoms with Gasteiger partial charge in [0.25, 0.3) is 0 Å². The lowest BCUT2D eigenvalue weighted by Crippen LogP contribution is -2.58. The summed E-state index contributed by atoms with van der Waals surface area (Å²) in [7, 11) is -0.534. The third-order valence-electron chi connectivity index (χ3n) is 4.11. The Kier molecular flexibility index (Phi) is 4.67. The van der Waals surface area contributed by atoms with Crippen LogP contribution in [-0.4, -0.2) is 55.7 Å². The zero-order chi connectivity index (χ0) is 14.8. The molecule has 2 fully saturated rings. The molecule has 0 radical (unpaired) electrons. The van der Waals surface area contributed by atoms with E-state index in [0.717, 1.165) is 12.8 Å². The predicted octanol–water partition coefficient (Wildman–Crippen LogP) is -1.04. The first-order valence-electron chi connectivity index (χ1n) is 7.10. The molecule has 2 rings (SSSR count). The maximum atomic E-state index is 12.3. The average molecular weight is 283 g/mol. The van der Waals surface area contributed by atoms with Crippen molar-refractivity contribution in [1.82, 2.24) is 4.90 Å². The number of nitrogens with two attached hydrogens (primary N) is 2. The first kappa shape index (κ1) is 15.3. The maximum Gasteiger partial charge on any atom is 0.527 e. The molecule has 0 bridgehead atoms. The van der Waals surface area contributed by atoms with Crippen molar-refractivity contribution in [2.24, 2.45) is 17.4 Å². The van der Waals surface area contributed by atoms with Crippen LogP contribution < -0.4 is 11.5 Å². The second-order valence-corrected chi connectivity index (χ2v) is 5.44. The Bertz CT molecular complexity index is 395. The molecule has 0 aromatic rings. The standard InChI is InChI=1S/C12H22BN3O4/c1-2-19-13-5-3-4-9-7-16(10(17)6-14)8-12(9,15)11(18)20-13/h9H,2-8,14-15H2,1H3/t9?,12-/m0/s1. The van der Waals surface area contributed by atoms with Crippen molar-refractivity contribution < 1.29 is 18.9 Å². The fraction of sp³-hybridized carbons (Fsp3) is 0.833. The van der Waals surface area contributed by atoms with Gasteiger partial charge in [0, 0.05) is 25.6 Å². The van der Waals surface area contributed by atoms with E-state index in [1.54, 1.807) is 4.90 Å². The van der Waals surface area contributed by atoms with Gasteiger partial charge in [0.05, 0.1) is 6.54 Å². The molecule has 2 atom stereocenters. The molecule has 0 aromatic heterocycles. The number of amides is 1. The van der Waals surface area contributed by atoms with Crippen LogP contribution in [0.2, 0.25) is 6.32 Å². The fourth-order valence-electron chi connectivity index (χ4n) is 2.96. The topological polar surface area (TPSA) is 108 Å². The molecule has 2 aliphatic rings. The van der Waals surface area contributed by atoms with Gasteiger partial charge in [-0.15, -0.1) is 0 Å². The number of carbonyl (C=O) groups excluding carboxylic acids is 2. The quantitative estimate of drug-likeness (QED) is 0.641. The molecular weight excluding hydrogens is 261 g/mol. The van der Waals surface area contributed by atoms with Crippen LogP contribution in [0.5, 0.6) is 0 Å². The lowest BCUT2D eigenvalue weighted by molar-refractivity contribution is -0.143. The van der Waals surface area contributed by atoms with E-state index in [4.69, 9.17) is 20.8 Å². The normalized spacial score (nSPS) is 30.6. The van der Waals surface area contributed by atoms with Gasteiger partial charge < -0.3 is 25.7 Å². The molecule has 112 valence electrons. The molecule has 1 unspecified atom stereocenters. The molecule has 0 spiro atoms. The second kappa shape index (κ2) is 6.11. The van der Waals surface area contributed by atoms with Crippen LogP contribution >= 0.6 is 0 Å². The van der Waals surface area contributed by atoms with Gasteiger partial charge in [-0.25, -0.2) is 0 Å². The van der Waals surface area contributed by atoms with Crippen molar-refractivity contribution in [2.45, 2.75) is 31.6 Å². The van der Waals surface area contributed by atoms with E-state index in [1.165, 1.54) is 0 Å². The van der Waals surface area contributed by atoms with Crippen molar-refractivity contribution >= 4 is 19.0 Å². The summed E-state index contributed by atoms with van der Waals surface area (Å²) in [6, 6.07) is 0. The van der Waals surface area contributed by atoms with Gasteiger partial charge in [0.15, 0.2) is 0 Å². The summed E-state index contributed by atoms with van der Waals surface area (Å²) in [5.41, 5.74) is 10.5. The molecule has 0 aromatic carbocycles. The summed E-state index contributed by atoms with van der Waals surface area (Å²) in [6.07, 6.45) is 2.30. The van der Waals surface area contributed by atoms with E-state index >= 15 is 0 Å². The minimum atomic E-state index is -1.14. The van der Waals surface area contributed by atoms with Crippen LogP contribution in [0.25, 0.3) is 0 Å². The van der Waals surface area contributed by atoms with E-state index < -0.39 is 18.6 Å². The van der Waals surface area contributed by atoms with Gasteiger partial charge in [-0.2, -0.15) is 0 Å². The van der Waals surface area contributed by atoms with Gasteiger partial charge in [-0.3, -0.25) is 9.59 Å². The third kappa shape index (κ3) is 2.82. The Morgan fingerprint density at radius 2 is 2.40 bits per heavy atom. The van der Waals surface area contributed by atoms with E-state index in [1.807, 2.05) is 6.92 Å². The molecule has 2 saturated heterocycles. The summed E-state index contributed by atoms with van der Waals surface area (Å²) in [4.78, 5) is 25.6. The van der Waals surface area contributed by atoms with Crippen LogP contribution in [0, 0.1) is 5.92 Å². The summed E-state index contributed by atoms with van der Waals surface area (Å²) in [6.45, 7) is 2.91. The van der Waals surface area contributed by atoms with E-state index in [0.29, 0.717) is 19.5 Å².